The van der Waals surface area contributed by atoms with Crippen LogP contribution >= 0.6 is 0 Å². The van der Waals surface area contributed by atoms with Crippen molar-refractivity contribution < 1.29 is 23.1 Å². The fourth-order valence-corrected chi connectivity index (χ4v) is 1.92. The number of carbonyl (C=O) groups excluding carboxylic acids is 1. The summed E-state index contributed by atoms with van der Waals surface area (Å²) in [6, 6.07) is -1.61. The van der Waals surface area contributed by atoms with Crippen LogP contribution in [-0.4, -0.2) is 49.6 Å². The van der Waals surface area contributed by atoms with Crippen LogP contribution in [-0.2, 0) is 14.6 Å². The Balaban J connectivity index is 4.07. The monoisotopic (exact) mass is 280 g/mol. The molecule has 0 heterocycles. The Labute approximate surface area is 107 Å². The number of carboxylic acids is 1. The first-order valence-corrected chi connectivity index (χ1v) is 7.62. The van der Waals surface area contributed by atoms with E-state index in [0.717, 1.165) is 0 Å². The molecule has 8 heteroatoms. The lowest BCUT2D eigenvalue weighted by molar-refractivity contribution is -0.139. The molecule has 0 bridgehead atoms. The highest BCUT2D eigenvalue weighted by molar-refractivity contribution is 7.91. The van der Waals surface area contributed by atoms with Crippen molar-refractivity contribution in [1.29, 1.82) is 0 Å². The molecule has 0 rings (SSSR count). The van der Waals surface area contributed by atoms with Gasteiger partial charge in [-0.3, -0.25) is 0 Å². The van der Waals surface area contributed by atoms with Crippen molar-refractivity contribution in [2.75, 3.05) is 18.1 Å². The zero-order valence-corrected chi connectivity index (χ0v) is 11.4. The van der Waals surface area contributed by atoms with Gasteiger partial charge in [-0.05, 0) is 6.42 Å². The zero-order valence-electron chi connectivity index (χ0n) is 10.6. The molecule has 3 N–H and O–H groups in total. The number of carbonyl (C=O) groups is 2. The first kappa shape index (κ1) is 16.7. The lowest BCUT2D eigenvalue weighted by Gasteiger charge is -2.14. The first-order chi connectivity index (χ1) is 8.32. The van der Waals surface area contributed by atoms with Crippen LogP contribution in [0.5, 0.6) is 0 Å². The van der Waals surface area contributed by atoms with E-state index in [1.807, 2.05) is 6.92 Å². The highest BCUT2D eigenvalue weighted by atomic mass is 32.2. The fraction of sp³-hybridized carbons (Fsp3) is 0.800. The summed E-state index contributed by atoms with van der Waals surface area (Å²) in [5, 5.41) is 13.4. The summed E-state index contributed by atoms with van der Waals surface area (Å²) >= 11 is 0. The summed E-state index contributed by atoms with van der Waals surface area (Å²) in [4.78, 5) is 22.1. The molecule has 0 spiro atoms. The SMILES string of the molecule is CCC[C@@H](NC(=O)NCCS(=O)(=O)CC)C(=O)O. The smallest absolute Gasteiger partial charge is 0.326 e. The van der Waals surface area contributed by atoms with Crippen molar-refractivity contribution in [3.63, 3.8) is 0 Å². The topological polar surface area (TPSA) is 113 Å². The number of hydrogen-bond acceptors (Lipinski definition) is 4. The number of sulfone groups is 1. The summed E-state index contributed by atoms with van der Waals surface area (Å²) in [6.07, 6.45) is 0.956. The van der Waals surface area contributed by atoms with Gasteiger partial charge in [0.1, 0.15) is 6.04 Å². The van der Waals surface area contributed by atoms with E-state index in [9.17, 15) is 18.0 Å². The molecule has 18 heavy (non-hydrogen) atoms. The molecule has 0 saturated carbocycles. The third kappa shape index (κ3) is 7.10. The third-order valence-corrected chi connectivity index (χ3v) is 4.03. The molecule has 0 radical (unpaired) electrons. The molecule has 0 aromatic rings. The summed E-state index contributed by atoms with van der Waals surface area (Å²) in [7, 11) is -3.13. The fourth-order valence-electron chi connectivity index (χ4n) is 1.22. The van der Waals surface area contributed by atoms with Crippen molar-refractivity contribution in [2.45, 2.75) is 32.7 Å². The summed E-state index contributed by atoms with van der Waals surface area (Å²) in [5.41, 5.74) is 0. The Kier molecular flexibility index (Phi) is 7.33. The van der Waals surface area contributed by atoms with E-state index in [0.29, 0.717) is 12.8 Å². The highest BCUT2D eigenvalue weighted by Crippen LogP contribution is 1.96. The summed E-state index contributed by atoms with van der Waals surface area (Å²) < 4.78 is 22.3. The standard InChI is InChI=1S/C10H20N2O5S/c1-3-5-8(9(13)14)12-10(15)11-6-7-18(16,17)4-2/h8H,3-7H2,1-2H3,(H,13,14)(H2,11,12,15)/t8-/m1/s1. The predicted octanol–water partition coefficient (Wildman–Crippen LogP) is -0.0264. The van der Waals surface area contributed by atoms with Gasteiger partial charge in [0.15, 0.2) is 9.84 Å². The third-order valence-electron chi connectivity index (χ3n) is 2.32. The van der Waals surface area contributed by atoms with Gasteiger partial charge < -0.3 is 15.7 Å². The van der Waals surface area contributed by atoms with Gasteiger partial charge in [0, 0.05) is 12.3 Å². The molecule has 0 aromatic carbocycles. The van der Waals surface area contributed by atoms with Gasteiger partial charge in [-0.15, -0.1) is 0 Å². The average molecular weight is 280 g/mol. The van der Waals surface area contributed by atoms with Crippen LogP contribution in [0.1, 0.15) is 26.7 Å². The predicted molar refractivity (Wildman–Crippen MR) is 67.2 cm³/mol. The molecule has 0 aliphatic heterocycles. The molecule has 0 aromatic heterocycles. The zero-order chi connectivity index (χ0) is 14.2. The molecule has 0 saturated heterocycles. The second-order valence-electron chi connectivity index (χ2n) is 3.82. The molecule has 0 fully saturated rings. The van der Waals surface area contributed by atoms with Crippen LogP contribution in [0.3, 0.4) is 0 Å². The van der Waals surface area contributed by atoms with Gasteiger partial charge in [0.25, 0.3) is 0 Å². The number of carboxylic acid groups (broad SMARTS) is 1. The van der Waals surface area contributed by atoms with E-state index in [1.165, 1.54) is 6.92 Å². The van der Waals surface area contributed by atoms with Crippen molar-refractivity contribution in [1.82, 2.24) is 10.6 Å². The Morgan fingerprint density at radius 2 is 1.89 bits per heavy atom. The van der Waals surface area contributed by atoms with Crippen LogP contribution in [0.2, 0.25) is 0 Å². The molecule has 2 amide bonds. The summed E-state index contributed by atoms with van der Waals surface area (Å²) in [5.74, 6) is -1.24. The minimum atomic E-state index is -3.13. The molecule has 106 valence electrons. The molecular weight excluding hydrogens is 260 g/mol. The molecule has 0 aliphatic rings. The Morgan fingerprint density at radius 3 is 2.33 bits per heavy atom. The lowest BCUT2D eigenvalue weighted by atomic mass is 10.2. The highest BCUT2D eigenvalue weighted by Gasteiger charge is 2.18. The van der Waals surface area contributed by atoms with Crippen molar-refractivity contribution in [3.8, 4) is 0 Å². The van der Waals surface area contributed by atoms with Gasteiger partial charge in [0.05, 0.1) is 5.75 Å². The molecule has 7 nitrogen and oxygen atoms in total. The maximum atomic E-state index is 11.3. The van der Waals surface area contributed by atoms with E-state index in [4.69, 9.17) is 5.11 Å². The molecule has 1 atom stereocenters. The van der Waals surface area contributed by atoms with E-state index < -0.39 is 27.9 Å². The quantitative estimate of drug-likeness (QED) is 0.578. The second-order valence-corrected chi connectivity index (χ2v) is 6.29. The number of aliphatic carboxylic acids is 1. The molecule has 0 aliphatic carbocycles. The van der Waals surface area contributed by atoms with Crippen molar-refractivity contribution >= 4 is 21.8 Å². The van der Waals surface area contributed by atoms with Gasteiger partial charge in [-0.25, -0.2) is 18.0 Å². The van der Waals surface area contributed by atoms with E-state index in [1.54, 1.807) is 0 Å². The van der Waals surface area contributed by atoms with E-state index in [-0.39, 0.29) is 18.1 Å². The van der Waals surface area contributed by atoms with Gasteiger partial charge >= 0.3 is 12.0 Å². The van der Waals surface area contributed by atoms with Crippen molar-refractivity contribution in [3.05, 3.63) is 0 Å². The maximum Gasteiger partial charge on any atom is 0.326 e. The maximum absolute atomic E-state index is 11.3. The Bertz CT molecular complexity index is 380. The van der Waals surface area contributed by atoms with E-state index in [2.05, 4.69) is 10.6 Å². The Hall–Kier alpha value is -1.31. The van der Waals surface area contributed by atoms with Crippen LogP contribution in [0.25, 0.3) is 0 Å². The van der Waals surface area contributed by atoms with Crippen LogP contribution < -0.4 is 10.6 Å². The number of urea groups is 1. The average Bonchev–Trinajstić information content (AvgIpc) is 2.28. The molecule has 0 unspecified atom stereocenters. The number of hydrogen-bond donors (Lipinski definition) is 3. The normalized spacial score (nSPS) is 12.8. The van der Waals surface area contributed by atoms with Crippen LogP contribution in [0, 0.1) is 0 Å². The molecular formula is C10H20N2O5S. The van der Waals surface area contributed by atoms with Crippen LogP contribution in [0.15, 0.2) is 0 Å². The number of nitrogens with one attached hydrogen (secondary N) is 2. The number of rotatable bonds is 8. The van der Waals surface area contributed by atoms with E-state index >= 15 is 0 Å². The lowest BCUT2D eigenvalue weighted by Crippen LogP contribution is -2.46. The Morgan fingerprint density at radius 1 is 1.28 bits per heavy atom. The largest absolute Gasteiger partial charge is 0.480 e. The second kappa shape index (κ2) is 7.91. The number of amides is 2. The van der Waals surface area contributed by atoms with Gasteiger partial charge in [0.2, 0.25) is 0 Å². The van der Waals surface area contributed by atoms with Crippen molar-refractivity contribution in [2.24, 2.45) is 0 Å². The minimum absolute atomic E-state index is 0.0177. The van der Waals surface area contributed by atoms with Crippen LogP contribution in [0.4, 0.5) is 4.79 Å². The van der Waals surface area contributed by atoms with Gasteiger partial charge in [-0.1, -0.05) is 20.3 Å². The minimum Gasteiger partial charge on any atom is -0.480 e. The summed E-state index contributed by atoms with van der Waals surface area (Å²) in [6.45, 7) is 3.31. The van der Waals surface area contributed by atoms with Gasteiger partial charge in [-0.2, -0.15) is 0 Å². The first-order valence-electron chi connectivity index (χ1n) is 5.80.